The van der Waals surface area contributed by atoms with E-state index < -0.39 is 0 Å². The van der Waals surface area contributed by atoms with Crippen LogP contribution in [0.4, 0.5) is 5.69 Å². The Balaban J connectivity index is 1.89. The van der Waals surface area contributed by atoms with E-state index in [0.29, 0.717) is 17.8 Å². The van der Waals surface area contributed by atoms with Gasteiger partial charge in [0.1, 0.15) is 5.76 Å². The Kier molecular flexibility index (Phi) is 3.79. The molecule has 0 amide bonds. The lowest BCUT2D eigenvalue weighted by atomic mass is 10.1. The van der Waals surface area contributed by atoms with Crippen molar-refractivity contribution in [1.29, 1.82) is 0 Å². The van der Waals surface area contributed by atoms with E-state index in [4.69, 9.17) is 10.2 Å². The number of benzene rings is 1. The van der Waals surface area contributed by atoms with Crippen molar-refractivity contribution < 1.29 is 9.21 Å². The molecule has 0 radical (unpaired) electrons. The Labute approximate surface area is 106 Å². The number of hydrogen-bond acceptors (Lipinski definition) is 4. The van der Waals surface area contributed by atoms with Gasteiger partial charge in [0.15, 0.2) is 5.78 Å². The molecular formula is C14H16N2O2. The molecule has 3 N–H and O–H groups in total. The second-order valence-corrected chi connectivity index (χ2v) is 4.18. The summed E-state index contributed by atoms with van der Waals surface area (Å²) in [5, 5.41) is 3.04. The van der Waals surface area contributed by atoms with Crippen LogP contribution >= 0.6 is 0 Å². The number of nitrogens with two attached hydrogens (primary N) is 1. The first-order chi connectivity index (χ1) is 8.66. The van der Waals surface area contributed by atoms with E-state index in [2.05, 4.69) is 5.32 Å². The minimum absolute atomic E-state index is 0.0215. The highest BCUT2D eigenvalue weighted by Crippen LogP contribution is 2.13. The number of nitrogens with one attached hydrogen (secondary N) is 1. The van der Waals surface area contributed by atoms with E-state index in [-0.39, 0.29) is 12.3 Å². The maximum absolute atomic E-state index is 11.9. The first-order valence-electron chi connectivity index (χ1n) is 5.79. The van der Waals surface area contributed by atoms with Gasteiger partial charge in [0.2, 0.25) is 0 Å². The first-order valence-corrected chi connectivity index (χ1v) is 5.79. The van der Waals surface area contributed by atoms with Crippen LogP contribution in [0.2, 0.25) is 0 Å². The normalized spacial score (nSPS) is 10.5. The zero-order valence-corrected chi connectivity index (χ0v) is 10.3. The summed E-state index contributed by atoms with van der Waals surface area (Å²) in [6.45, 7) is 2.72. The fraction of sp³-hybridized carbons (Fsp3) is 0.214. The minimum atomic E-state index is 0.0215. The van der Waals surface area contributed by atoms with E-state index in [9.17, 15) is 4.79 Å². The number of nitrogen functional groups attached to an aromatic ring is 1. The quantitative estimate of drug-likeness (QED) is 0.624. The van der Waals surface area contributed by atoms with Gasteiger partial charge in [0.25, 0.3) is 0 Å². The molecule has 0 aliphatic heterocycles. The molecule has 18 heavy (non-hydrogen) atoms. The monoisotopic (exact) mass is 244 g/mol. The number of aryl methyl sites for hydroxylation is 1. The van der Waals surface area contributed by atoms with Crippen LogP contribution in [0.25, 0.3) is 0 Å². The van der Waals surface area contributed by atoms with Crippen LogP contribution < -0.4 is 11.1 Å². The van der Waals surface area contributed by atoms with Crippen LogP contribution in [0.3, 0.4) is 0 Å². The van der Waals surface area contributed by atoms with Gasteiger partial charge in [0.05, 0.1) is 19.4 Å². The molecule has 0 bridgehead atoms. The third-order valence-corrected chi connectivity index (χ3v) is 2.77. The molecule has 2 rings (SSSR count). The van der Waals surface area contributed by atoms with Gasteiger partial charge in [0, 0.05) is 11.3 Å². The molecule has 0 spiro atoms. The Hall–Kier alpha value is -2.07. The Bertz CT molecular complexity index is 533. The predicted octanol–water partition coefficient (Wildman–Crippen LogP) is 2.14. The van der Waals surface area contributed by atoms with Crippen molar-refractivity contribution in [2.45, 2.75) is 13.5 Å². The summed E-state index contributed by atoms with van der Waals surface area (Å²) in [7, 11) is 0. The summed E-state index contributed by atoms with van der Waals surface area (Å²) in [6, 6.07) is 9.05. The third-order valence-electron chi connectivity index (χ3n) is 2.77. The molecule has 0 atom stereocenters. The molecule has 0 fully saturated rings. The van der Waals surface area contributed by atoms with E-state index in [1.165, 1.54) is 0 Å². The van der Waals surface area contributed by atoms with Crippen molar-refractivity contribution in [3.63, 3.8) is 0 Å². The molecule has 0 saturated heterocycles. The molecule has 0 saturated carbocycles. The SMILES string of the molecule is Cc1ccc(C(=O)CNCc2ccco2)cc1N. The lowest BCUT2D eigenvalue weighted by Crippen LogP contribution is -2.22. The average molecular weight is 244 g/mol. The topological polar surface area (TPSA) is 68.3 Å². The molecule has 0 aliphatic carbocycles. The van der Waals surface area contributed by atoms with Crippen molar-refractivity contribution in [1.82, 2.24) is 5.32 Å². The fourth-order valence-electron chi connectivity index (χ4n) is 1.63. The molecule has 1 heterocycles. The van der Waals surface area contributed by atoms with Crippen LogP contribution in [-0.2, 0) is 6.54 Å². The third kappa shape index (κ3) is 2.99. The average Bonchev–Trinajstić information content (AvgIpc) is 2.85. The first kappa shape index (κ1) is 12.4. The van der Waals surface area contributed by atoms with Gasteiger partial charge in [-0.05, 0) is 30.7 Å². The maximum Gasteiger partial charge on any atom is 0.176 e. The Morgan fingerprint density at radius 1 is 1.39 bits per heavy atom. The maximum atomic E-state index is 11.9. The Morgan fingerprint density at radius 3 is 2.89 bits per heavy atom. The fourth-order valence-corrected chi connectivity index (χ4v) is 1.63. The number of carbonyl (C=O) groups is 1. The standard InChI is InChI=1S/C14H16N2O2/c1-10-4-5-11(7-13(10)15)14(17)9-16-8-12-3-2-6-18-12/h2-7,16H,8-9,15H2,1H3. The van der Waals surface area contributed by atoms with Crippen LogP contribution in [-0.4, -0.2) is 12.3 Å². The van der Waals surface area contributed by atoms with E-state index in [1.54, 1.807) is 18.4 Å². The number of Topliss-reactive ketones (excluding diaryl/α,β-unsaturated/α-hetero) is 1. The van der Waals surface area contributed by atoms with Crippen molar-refractivity contribution in [3.8, 4) is 0 Å². The van der Waals surface area contributed by atoms with Gasteiger partial charge in [-0.15, -0.1) is 0 Å². The van der Waals surface area contributed by atoms with Crippen molar-refractivity contribution in [2.75, 3.05) is 12.3 Å². The summed E-state index contributed by atoms with van der Waals surface area (Å²) in [6.07, 6.45) is 1.61. The number of hydrogen-bond donors (Lipinski definition) is 2. The highest BCUT2D eigenvalue weighted by atomic mass is 16.3. The molecule has 1 aromatic carbocycles. The zero-order valence-electron chi connectivity index (χ0n) is 10.3. The lowest BCUT2D eigenvalue weighted by molar-refractivity contribution is 0.0990. The van der Waals surface area contributed by atoms with Crippen molar-refractivity contribution in [3.05, 3.63) is 53.5 Å². The highest BCUT2D eigenvalue weighted by molar-refractivity contribution is 5.98. The Morgan fingerprint density at radius 2 is 2.22 bits per heavy atom. The molecule has 2 aromatic rings. The molecule has 1 aromatic heterocycles. The molecule has 4 heteroatoms. The number of furan rings is 1. The van der Waals surface area contributed by atoms with E-state index in [0.717, 1.165) is 11.3 Å². The van der Waals surface area contributed by atoms with E-state index >= 15 is 0 Å². The van der Waals surface area contributed by atoms with Crippen molar-refractivity contribution in [2.24, 2.45) is 0 Å². The van der Waals surface area contributed by atoms with Gasteiger partial charge >= 0.3 is 0 Å². The summed E-state index contributed by atoms with van der Waals surface area (Å²) < 4.78 is 5.16. The predicted molar refractivity (Wildman–Crippen MR) is 70.3 cm³/mol. The van der Waals surface area contributed by atoms with Crippen LogP contribution in [0, 0.1) is 6.92 Å². The number of ketones is 1. The van der Waals surface area contributed by atoms with Crippen molar-refractivity contribution >= 4 is 11.5 Å². The molecule has 94 valence electrons. The number of carbonyl (C=O) groups excluding carboxylic acids is 1. The lowest BCUT2D eigenvalue weighted by Gasteiger charge is -2.05. The number of rotatable bonds is 5. The summed E-state index contributed by atoms with van der Waals surface area (Å²) >= 11 is 0. The molecular weight excluding hydrogens is 228 g/mol. The molecule has 0 unspecified atom stereocenters. The van der Waals surface area contributed by atoms with Crippen LogP contribution in [0.5, 0.6) is 0 Å². The van der Waals surface area contributed by atoms with Crippen LogP contribution in [0.15, 0.2) is 41.0 Å². The van der Waals surface area contributed by atoms with Gasteiger partial charge in [-0.1, -0.05) is 12.1 Å². The van der Waals surface area contributed by atoms with Gasteiger partial charge in [-0.2, -0.15) is 0 Å². The second-order valence-electron chi connectivity index (χ2n) is 4.18. The molecule has 4 nitrogen and oxygen atoms in total. The summed E-state index contributed by atoms with van der Waals surface area (Å²) in [5.74, 6) is 0.833. The summed E-state index contributed by atoms with van der Waals surface area (Å²) in [4.78, 5) is 11.9. The van der Waals surface area contributed by atoms with Gasteiger partial charge in [-0.25, -0.2) is 0 Å². The molecule has 0 aliphatic rings. The highest BCUT2D eigenvalue weighted by Gasteiger charge is 2.07. The van der Waals surface area contributed by atoms with Gasteiger partial charge < -0.3 is 15.5 Å². The van der Waals surface area contributed by atoms with E-state index in [1.807, 2.05) is 25.1 Å². The smallest absolute Gasteiger partial charge is 0.176 e. The summed E-state index contributed by atoms with van der Waals surface area (Å²) in [5.41, 5.74) is 8.03. The van der Waals surface area contributed by atoms with Gasteiger partial charge in [-0.3, -0.25) is 4.79 Å². The minimum Gasteiger partial charge on any atom is -0.468 e. The van der Waals surface area contributed by atoms with Crippen LogP contribution in [0.1, 0.15) is 21.7 Å². The zero-order chi connectivity index (χ0) is 13.0. The largest absolute Gasteiger partial charge is 0.468 e. The second kappa shape index (κ2) is 5.51. The number of anilines is 1.